The van der Waals surface area contributed by atoms with Gasteiger partial charge in [0.15, 0.2) is 5.96 Å². The molecule has 0 spiro atoms. The molecule has 7 heteroatoms. The number of hydrogen-bond acceptors (Lipinski definition) is 3. The third-order valence-electron chi connectivity index (χ3n) is 3.76. The number of halogens is 1. The number of ether oxygens (including phenoxy) is 1. The number of amides is 1. The standard InChI is InChI=1S/C17H25FN4O2/c1-3-19-16(20-13-14-5-7-15(18)8-6-14)21-9-11-22(12-10-21)17(23)24-4-2/h5-8H,3-4,9-13H2,1-2H3,(H,19,20). The number of nitrogens with one attached hydrogen (secondary N) is 1. The summed E-state index contributed by atoms with van der Waals surface area (Å²) in [6, 6.07) is 6.36. The Bertz CT molecular complexity index is 554. The van der Waals surface area contributed by atoms with E-state index in [0.29, 0.717) is 39.3 Å². The van der Waals surface area contributed by atoms with Crippen LogP contribution in [0.5, 0.6) is 0 Å². The van der Waals surface area contributed by atoms with Gasteiger partial charge in [-0.25, -0.2) is 14.2 Å². The zero-order chi connectivity index (χ0) is 17.4. The Kier molecular flexibility index (Phi) is 6.84. The first kappa shape index (κ1) is 18.0. The Morgan fingerprint density at radius 2 is 1.79 bits per heavy atom. The zero-order valence-electron chi connectivity index (χ0n) is 14.3. The van der Waals surface area contributed by atoms with Gasteiger partial charge in [0.1, 0.15) is 5.82 Å². The van der Waals surface area contributed by atoms with Crippen LogP contribution >= 0.6 is 0 Å². The second-order valence-electron chi connectivity index (χ2n) is 5.47. The summed E-state index contributed by atoms with van der Waals surface area (Å²) in [5.74, 6) is 0.565. The summed E-state index contributed by atoms with van der Waals surface area (Å²) < 4.78 is 18.0. The molecule has 0 unspecified atom stereocenters. The second kappa shape index (κ2) is 9.10. The van der Waals surface area contributed by atoms with Crippen LogP contribution in [-0.2, 0) is 11.3 Å². The topological polar surface area (TPSA) is 57.2 Å². The van der Waals surface area contributed by atoms with Gasteiger partial charge >= 0.3 is 6.09 Å². The van der Waals surface area contributed by atoms with Gasteiger partial charge in [-0.2, -0.15) is 0 Å². The Morgan fingerprint density at radius 3 is 2.38 bits per heavy atom. The van der Waals surface area contributed by atoms with Gasteiger partial charge in [0.2, 0.25) is 0 Å². The lowest BCUT2D eigenvalue weighted by atomic mass is 10.2. The van der Waals surface area contributed by atoms with Gasteiger partial charge in [0, 0.05) is 32.7 Å². The van der Waals surface area contributed by atoms with Gasteiger partial charge in [0.25, 0.3) is 0 Å². The minimum absolute atomic E-state index is 0.246. The molecule has 1 aromatic carbocycles. The molecule has 1 heterocycles. The van der Waals surface area contributed by atoms with Crippen molar-refractivity contribution in [1.29, 1.82) is 0 Å². The van der Waals surface area contributed by atoms with Crippen LogP contribution in [0, 0.1) is 5.82 Å². The molecule has 2 rings (SSSR count). The van der Waals surface area contributed by atoms with E-state index in [4.69, 9.17) is 4.74 Å². The molecule has 132 valence electrons. The predicted molar refractivity (Wildman–Crippen MR) is 91.4 cm³/mol. The number of benzene rings is 1. The average Bonchev–Trinajstić information content (AvgIpc) is 2.60. The number of rotatable bonds is 4. The number of aliphatic imine (C=N–C) groups is 1. The van der Waals surface area contributed by atoms with E-state index in [9.17, 15) is 9.18 Å². The smallest absolute Gasteiger partial charge is 0.409 e. The fraction of sp³-hybridized carbons (Fsp3) is 0.529. The van der Waals surface area contributed by atoms with Crippen molar-refractivity contribution in [3.05, 3.63) is 35.6 Å². The average molecular weight is 336 g/mol. The van der Waals surface area contributed by atoms with Gasteiger partial charge in [-0.3, -0.25) is 0 Å². The molecule has 1 amide bonds. The highest BCUT2D eigenvalue weighted by Crippen LogP contribution is 2.07. The minimum Gasteiger partial charge on any atom is -0.450 e. The van der Waals surface area contributed by atoms with Crippen LogP contribution in [-0.4, -0.2) is 61.2 Å². The number of nitrogens with zero attached hydrogens (tertiary/aromatic N) is 3. The molecule has 0 radical (unpaired) electrons. The quantitative estimate of drug-likeness (QED) is 0.675. The summed E-state index contributed by atoms with van der Waals surface area (Å²) in [4.78, 5) is 20.2. The molecule has 0 aromatic heterocycles. The van der Waals surface area contributed by atoms with Crippen molar-refractivity contribution < 1.29 is 13.9 Å². The van der Waals surface area contributed by atoms with E-state index in [1.807, 2.05) is 6.92 Å². The van der Waals surface area contributed by atoms with Crippen molar-refractivity contribution in [2.45, 2.75) is 20.4 Å². The van der Waals surface area contributed by atoms with E-state index in [1.54, 1.807) is 24.0 Å². The molecular formula is C17H25FN4O2. The number of piperazine rings is 1. The van der Waals surface area contributed by atoms with Crippen LogP contribution in [0.25, 0.3) is 0 Å². The van der Waals surface area contributed by atoms with Crippen molar-refractivity contribution in [2.75, 3.05) is 39.3 Å². The SMILES string of the molecule is CCNC(=NCc1ccc(F)cc1)N1CCN(C(=O)OCC)CC1. The van der Waals surface area contributed by atoms with Gasteiger partial charge in [-0.1, -0.05) is 12.1 Å². The van der Waals surface area contributed by atoms with E-state index in [2.05, 4.69) is 15.2 Å². The highest BCUT2D eigenvalue weighted by Gasteiger charge is 2.23. The molecule has 1 aliphatic rings. The maximum Gasteiger partial charge on any atom is 0.409 e. The second-order valence-corrected chi connectivity index (χ2v) is 5.47. The van der Waals surface area contributed by atoms with Crippen LogP contribution in [0.2, 0.25) is 0 Å². The Labute approximate surface area is 142 Å². The number of hydrogen-bond donors (Lipinski definition) is 1. The molecule has 6 nitrogen and oxygen atoms in total. The number of guanidine groups is 1. The molecule has 24 heavy (non-hydrogen) atoms. The zero-order valence-corrected chi connectivity index (χ0v) is 14.3. The molecular weight excluding hydrogens is 311 g/mol. The molecule has 1 saturated heterocycles. The molecule has 1 N–H and O–H groups in total. The monoisotopic (exact) mass is 336 g/mol. The summed E-state index contributed by atoms with van der Waals surface area (Å²) in [5, 5.41) is 3.27. The molecule has 0 bridgehead atoms. The van der Waals surface area contributed by atoms with Crippen LogP contribution in [0.4, 0.5) is 9.18 Å². The highest BCUT2D eigenvalue weighted by atomic mass is 19.1. The van der Waals surface area contributed by atoms with Crippen molar-refractivity contribution >= 4 is 12.1 Å². The van der Waals surface area contributed by atoms with Gasteiger partial charge in [-0.15, -0.1) is 0 Å². The fourth-order valence-electron chi connectivity index (χ4n) is 2.50. The first-order valence-corrected chi connectivity index (χ1v) is 8.33. The molecule has 0 atom stereocenters. The molecule has 1 aliphatic heterocycles. The van der Waals surface area contributed by atoms with Gasteiger partial charge in [0.05, 0.1) is 13.2 Å². The maximum absolute atomic E-state index is 13.0. The fourth-order valence-corrected chi connectivity index (χ4v) is 2.50. The third kappa shape index (κ3) is 5.11. The van der Waals surface area contributed by atoms with Gasteiger partial charge < -0.3 is 19.9 Å². The summed E-state index contributed by atoms with van der Waals surface area (Å²) in [6.45, 7) is 8.09. The van der Waals surface area contributed by atoms with Crippen molar-refractivity contribution in [1.82, 2.24) is 15.1 Å². The Balaban J connectivity index is 1.94. The summed E-state index contributed by atoms with van der Waals surface area (Å²) >= 11 is 0. The van der Waals surface area contributed by atoms with E-state index in [-0.39, 0.29) is 11.9 Å². The largest absolute Gasteiger partial charge is 0.450 e. The normalized spacial score (nSPS) is 15.4. The van der Waals surface area contributed by atoms with Crippen LogP contribution in [0.3, 0.4) is 0 Å². The van der Waals surface area contributed by atoms with Crippen LogP contribution in [0.15, 0.2) is 29.3 Å². The van der Waals surface area contributed by atoms with Crippen molar-refractivity contribution in [2.24, 2.45) is 4.99 Å². The van der Waals surface area contributed by atoms with E-state index in [1.165, 1.54) is 12.1 Å². The Hall–Kier alpha value is -2.31. The molecule has 0 aliphatic carbocycles. The lowest BCUT2D eigenvalue weighted by Crippen LogP contribution is -2.53. The molecule has 1 fully saturated rings. The molecule has 1 aromatic rings. The first-order valence-electron chi connectivity index (χ1n) is 8.33. The molecule has 0 saturated carbocycles. The Morgan fingerprint density at radius 1 is 1.17 bits per heavy atom. The predicted octanol–water partition coefficient (Wildman–Crippen LogP) is 2.07. The van der Waals surface area contributed by atoms with Crippen molar-refractivity contribution in [3.8, 4) is 0 Å². The highest BCUT2D eigenvalue weighted by molar-refractivity contribution is 5.80. The first-order chi connectivity index (χ1) is 11.6. The summed E-state index contributed by atoms with van der Waals surface area (Å²) in [7, 11) is 0. The van der Waals surface area contributed by atoms with Crippen LogP contribution < -0.4 is 5.32 Å². The van der Waals surface area contributed by atoms with Crippen molar-refractivity contribution in [3.63, 3.8) is 0 Å². The number of carbonyl (C=O) groups is 1. The van der Waals surface area contributed by atoms with E-state index < -0.39 is 0 Å². The van der Waals surface area contributed by atoms with E-state index >= 15 is 0 Å². The summed E-state index contributed by atoms with van der Waals surface area (Å²) in [5.41, 5.74) is 0.956. The lowest BCUT2D eigenvalue weighted by Gasteiger charge is -2.35. The minimum atomic E-state index is -0.259. The lowest BCUT2D eigenvalue weighted by molar-refractivity contribution is 0.0914. The van der Waals surface area contributed by atoms with Gasteiger partial charge in [-0.05, 0) is 31.5 Å². The van der Waals surface area contributed by atoms with Crippen LogP contribution in [0.1, 0.15) is 19.4 Å². The maximum atomic E-state index is 13.0. The number of carbonyl (C=O) groups excluding carboxylic acids is 1. The third-order valence-corrected chi connectivity index (χ3v) is 3.76. The van der Waals surface area contributed by atoms with E-state index in [0.717, 1.165) is 18.1 Å². The summed E-state index contributed by atoms with van der Waals surface area (Å²) in [6.07, 6.45) is -0.259.